The Balaban J connectivity index is 2.49. The third-order valence-electron chi connectivity index (χ3n) is 3.70. The molecule has 1 aromatic carbocycles. The van der Waals surface area contributed by atoms with E-state index in [0.717, 1.165) is 21.6 Å². The zero-order valence-electron chi connectivity index (χ0n) is 12.8. The molecule has 112 valence electrons. The van der Waals surface area contributed by atoms with Gasteiger partial charge in [-0.2, -0.15) is 0 Å². The molecule has 0 spiro atoms. The quantitative estimate of drug-likeness (QED) is 0.869. The fraction of sp³-hybridized carbons (Fsp3) is 0.438. The minimum Gasteiger partial charge on any atom is -0.277 e. The van der Waals surface area contributed by atoms with Crippen LogP contribution in [0.25, 0.3) is 0 Å². The summed E-state index contributed by atoms with van der Waals surface area (Å²) in [6.07, 6.45) is 1.15. The Hall–Kier alpha value is -2.17. The Kier molecular flexibility index (Phi) is 4.11. The third-order valence-corrected chi connectivity index (χ3v) is 3.70. The maximum absolute atomic E-state index is 12.6. The molecule has 1 fully saturated rings. The summed E-state index contributed by atoms with van der Waals surface area (Å²) in [6.45, 7) is 7.59. The number of hydrogen-bond donors (Lipinski definition) is 1. The van der Waals surface area contributed by atoms with Crippen LogP contribution in [0.2, 0.25) is 0 Å². The molecule has 21 heavy (non-hydrogen) atoms. The summed E-state index contributed by atoms with van der Waals surface area (Å²) < 4.78 is 0. The average molecular weight is 288 g/mol. The van der Waals surface area contributed by atoms with Gasteiger partial charge in [-0.05, 0) is 38.3 Å². The highest BCUT2D eigenvalue weighted by atomic mass is 16.2. The van der Waals surface area contributed by atoms with Gasteiger partial charge in [0.05, 0.1) is 5.69 Å². The van der Waals surface area contributed by atoms with Gasteiger partial charge in [0.1, 0.15) is 5.92 Å². The minimum absolute atomic E-state index is 0.430. The number of imide groups is 2. The van der Waals surface area contributed by atoms with Gasteiger partial charge in [0, 0.05) is 0 Å². The zero-order valence-corrected chi connectivity index (χ0v) is 12.8. The van der Waals surface area contributed by atoms with Gasteiger partial charge in [-0.25, -0.2) is 9.69 Å². The molecule has 1 unspecified atom stereocenters. The summed E-state index contributed by atoms with van der Waals surface area (Å²) in [5, 5.41) is 2.29. The van der Waals surface area contributed by atoms with E-state index in [9.17, 15) is 14.4 Å². The van der Waals surface area contributed by atoms with E-state index < -0.39 is 23.8 Å². The van der Waals surface area contributed by atoms with E-state index in [1.54, 1.807) is 0 Å². The van der Waals surface area contributed by atoms with Crippen molar-refractivity contribution in [3.8, 4) is 0 Å². The van der Waals surface area contributed by atoms with Crippen molar-refractivity contribution in [1.29, 1.82) is 0 Å². The molecule has 2 rings (SSSR count). The van der Waals surface area contributed by atoms with Crippen LogP contribution in [0.4, 0.5) is 10.5 Å². The monoisotopic (exact) mass is 288 g/mol. The molecule has 1 aromatic rings. The number of carbonyl (C=O) groups is 3. The first-order chi connectivity index (χ1) is 9.86. The van der Waals surface area contributed by atoms with Crippen molar-refractivity contribution in [2.45, 2.75) is 40.5 Å². The fourth-order valence-electron chi connectivity index (χ4n) is 2.90. The molecular weight excluding hydrogens is 268 g/mol. The lowest BCUT2D eigenvalue weighted by atomic mass is 9.97. The molecule has 0 radical (unpaired) electrons. The molecular formula is C16H20N2O3. The van der Waals surface area contributed by atoms with E-state index in [1.165, 1.54) is 0 Å². The molecule has 1 saturated heterocycles. The van der Waals surface area contributed by atoms with E-state index in [1.807, 2.05) is 39.8 Å². The number of rotatable bonds is 3. The second-order valence-electron chi connectivity index (χ2n) is 5.56. The SMILES string of the molecule is CCCC1C(=O)NC(=O)N(c2c(C)cc(C)cc2C)C1=O. The number of nitrogens with zero attached hydrogens (tertiary/aromatic N) is 1. The number of barbiturate groups is 1. The Morgan fingerprint density at radius 3 is 2.19 bits per heavy atom. The molecule has 1 N–H and O–H groups in total. The van der Waals surface area contributed by atoms with E-state index >= 15 is 0 Å². The van der Waals surface area contributed by atoms with Gasteiger partial charge in [0.2, 0.25) is 11.8 Å². The molecule has 1 heterocycles. The summed E-state index contributed by atoms with van der Waals surface area (Å²) >= 11 is 0. The van der Waals surface area contributed by atoms with Crippen molar-refractivity contribution in [3.05, 3.63) is 28.8 Å². The minimum atomic E-state index is -0.784. The van der Waals surface area contributed by atoms with E-state index in [0.29, 0.717) is 18.5 Å². The summed E-state index contributed by atoms with van der Waals surface area (Å²) in [5.41, 5.74) is 3.35. The van der Waals surface area contributed by atoms with Gasteiger partial charge < -0.3 is 0 Å². The van der Waals surface area contributed by atoms with Crippen LogP contribution in [0.5, 0.6) is 0 Å². The zero-order chi connectivity index (χ0) is 15.7. The van der Waals surface area contributed by atoms with Crippen LogP contribution in [0.3, 0.4) is 0 Å². The maximum atomic E-state index is 12.6. The summed E-state index contributed by atoms with van der Waals surface area (Å²) in [4.78, 5) is 37.6. The molecule has 4 amide bonds. The van der Waals surface area contributed by atoms with E-state index in [2.05, 4.69) is 5.32 Å². The predicted octanol–water partition coefficient (Wildman–Crippen LogP) is 2.61. The lowest BCUT2D eigenvalue weighted by molar-refractivity contribution is -0.134. The van der Waals surface area contributed by atoms with Crippen molar-refractivity contribution in [1.82, 2.24) is 5.32 Å². The Bertz CT molecular complexity index is 599. The Morgan fingerprint density at radius 1 is 1.10 bits per heavy atom. The highest BCUT2D eigenvalue weighted by molar-refractivity contribution is 6.28. The topological polar surface area (TPSA) is 66.5 Å². The molecule has 5 heteroatoms. The smallest absolute Gasteiger partial charge is 0.277 e. The number of hydrogen-bond acceptors (Lipinski definition) is 3. The standard InChI is InChI=1S/C16H20N2O3/c1-5-6-12-14(19)17-16(21)18(15(12)20)13-10(3)7-9(2)8-11(13)4/h7-8,12H,5-6H2,1-4H3,(H,17,19,21). The predicted molar refractivity (Wildman–Crippen MR) is 80.1 cm³/mol. The number of nitrogens with one attached hydrogen (secondary N) is 1. The highest BCUT2D eigenvalue weighted by Crippen LogP contribution is 2.30. The van der Waals surface area contributed by atoms with Crippen molar-refractivity contribution in [2.75, 3.05) is 4.90 Å². The van der Waals surface area contributed by atoms with Crippen LogP contribution in [0, 0.1) is 26.7 Å². The Labute approximate surface area is 124 Å². The van der Waals surface area contributed by atoms with E-state index in [-0.39, 0.29) is 0 Å². The van der Waals surface area contributed by atoms with Crippen LogP contribution in [-0.2, 0) is 9.59 Å². The second-order valence-corrected chi connectivity index (χ2v) is 5.56. The number of urea groups is 1. The summed E-state index contributed by atoms with van der Waals surface area (Å²) in [6, 6.07) is 3.19. The summed E-state index contributed by atoms with van der Waals surface area (Å²) in [7, 11) is 0. The number of aryl methyl sites for hydroxylation is 3. The third kappa shape index (κ3) is 2.68. The number of carbonyl (C=O) groups excluding carboxylic acids is 3. The van der Waals surface area contributed by atoms with Crippen molar-refractivity contribution in [3.63, 3.8) is 0 Å². The maximum Gasteiger partial charge on any atom is 0.335 e. The highest BCUT2D eigenvalue weighted by Gasteiger charge is 2.41. The number of amides is 4. The number of benzene rings is 1. The van der Waals surface area contributed by atoms with Gasteiger partial charge in [-0.3, -0.25) is 14.9 Å². The molecule has 0 bridgehead atoms. The van der Waals surface area contributed by atoms with Crippen LogP contribution in [0.1, 0.15) is 36.5 Å². The lowest BCUT2D eigenvalue weighted by Crippen LogP contribution is -2.58. The molecule has 5 nitrogen and oxygen atoms in total. The van der Waals surface area contributed by atoms with Gasteiger partial charge in [-0.1, -0.05) is 31.0 Å². The van der Waals surface area contributed by atoms with Crippen molar-refractivity contribution in [2.24, 2.45) is 5.92 Å². The molecule has 1 aliphatic rings. The molecule has 0 saturated carbocycles. The van der Waals surface area contributed by atoms with E-state index in [4.69, 9.17) is 0 Å². The molecule has 1 aliphatic heterocycles. The molecule has 0 aromatic heterocycles. The first-order valence-corrected chi connectivity index (χ1v) is 7.13. The van der Waals surface area contributed by atoms with Crippen LogP contribution in [-0.4, -0.2) is 17.8 Å². The summed E-state index contributed by atoms with van der Waals surface area (Å²) in [5.74, 6) is -1.71. The number of anilines is 1. The Morgan fingerprint density at radius 2 is 1.67 bits per heavy atom. The van der Waals surface area contributed by atoms with Crippen LogP contribution >= 0.6 is 0 Å². The van der Waals surface area contributed by atoms with Crippen LogP contribution in [0.15, 0.2) is 12.1 Å². The van der Waals surface area contributed by atoms with Gasteiger partial charge in [0.15, 0.2) is 0 Å². The van der Waals surface area contributed by atoms with Gasteiger partial charge in [0.25, 0.3) is 0 Å². The average Bonchev–Trinajstić information content (AvgIpc) is 2.37. The molecule has 1 atom stereocenters. The van der Waals surface area contributed by atoms with Gasteiger partial charge in [-0.15, -0.1) is 0 Å². The van der Waals surface area contributed by atoms with Crippen molar-refractivity contribution >= 4 is 23.5 Å². The lowest BCUT2D eigenvalue weighted by Gasteiger charge is -2.32. The second kappa shape index (κ2) is 5.68. The fourth-order valence-corrected chi connectivity index (χ4v) is 2.90. The van der Waals surface area contributed by atoms with Crippen molar-refractivity contribution < 1.29 is 14.4 Å². The van der Waals surface area contributed by atoms with Crippen LogP contribution < -0.4 is 10.2 Å². The first kappa shape index (κ1) is 15.2. The normalized spacial score (nSPS) is 19.0. The largest absolute Gasteiger partial charge is 0.335 e. The molecule has 0 aliphatic carbocycles. The van der Waals surface area contributed by atoms with Gasteiger partial charge >= 0.3 is 6.03 Å². The first-order valence-electron chi connectivity index (χ1n) is 7.13.